The molecule has 0 aliphatic heterocycles. The molecular formula is C30H41F. The fourth-order valence-electron chi connectivity index (χ4n) is 6.61. The molecule has 0 heterocycles. The highest BCUT2D eigenvalue weighted by atomic mass is 19.1. The van der Waals surface area contributed by atoms with Gasteiger partial charge in [0.25, 0.3) is 0 Å². The lowest BCUT2D eigenvalue weighted by atomic mass is 9.67. The van der Waals surface area contributed by atoms with Gasteiger partial charge < -0.3 is 0 Å². The summed E-state index contributed by atoms with van der Waals surface area (Å²) in [5, 5.41) is 0. The minimum Gasteiger partial charge on any atom is -0.206 e. The first-order chi connectivity index (χ1) is 15.1. The Morgan fingerprint density at radius 3 is 2.16 bits per heavy atom. The Kier molecular flexibility index (Phi) is 7.51. The molecule has 2 aromatic carbocycles. The summed E-state index contributed by atoms with van der Waals surface area (Å²) in [5.74, 6) is 1.38. The van der Waals surface area contributed by atoms with Crippen LogP contribution in [0.5, 0.6) is 0 Å². The zero-order valence-electron chi connectivity index (χ0n) is 19.8. The molecular weight excluding hydrogens is 379 g/mol. The van der Waals surface area contributed by atoms with Gasteiger partial charge in [0.15, 0.2) is 0 Å². The minimum atomic E-state index is -0.0538. The van der Waals surface area contributed by atoms with Gasteiger partial charge in [-0.3, -0.25) is 0 Å². The van der Waals surface area contributed by atoms with Crippen molar-refractivity contribution in [3.05, 3.63) is 59.4 Å². The molecule has 2 aromatic rings. The van der Waals surface area contributed by atoms with Gasteiger partial charge in [-0.25, -0.2) is 4.39 Å². The van der Waals surface area contributed by atoms with Crippen LogP contribution in [0, 0.1) is 11.7 Å². The van der Waals surface area contributed by atoms with Gasteiger partial charge in [0.05, 0.1) is 0 Å². The molecule has 0 spiro atoms. The standard InChI is InChI=1S/C30H41F/c1-3-8-23-9-11-24(12-10-23)26-15-18-28(29(31)22-26)25-13-16-27(17-14-25)30(19-4-2)20-6-5-7-21-30/h13-18,22-24H,3-12,19-21H2,1-2H3. The molecule has 2 aliphatic rings. The highest BCUT2D eigenvalue weighted by Crippen LogP contribution is 2.44. The maximum atomic E-state index is 15.1. The van der Waals surface area contributed by atoms with E-state index in [0.717, 1.165) is 17.0 Å². The fourth-order valence-corrected chi connectivity index (χ4v) is 6.61. The topological polar surface area (TPSA) is 0 Å². The molecule has 0 atom stereocenters. The van der Waals surface area contributed by atoms with E-state index in [1.165, 1.54) is 94.6 Å². The normalized spacial score (nSPS) is 23.6. The van der Waals surface area contributed by atoms with Crippen molar-refractivity contribution in [3.8, 4) is 11.1 Å². The van der Waals surface area contributed by atoms with Crippen molar-refractivity contribution < 1.29 is 4.39 Å². The van der Waals surface area contributed by atoms with Gasteiger partial charge in [0.1, 0.15) is 5.82 Å². The molecule has 0 radical (unpaired) electrons. The molecule has 4 rings (SSSR count). The van der Waals surface area contributed by atoms with E-state index >= 15 is 4.39 Å². The van der Waals surface area contributed by atoms with Gasteiger partial charge in [-0.15, -0.1) is 0 Å². The minimum absolute atomic E-state index is 0.0538. The van der Waals surface area contributed by atoms with Crippen molar-refractivity contribution >= 4 is 0 Å². The summed E-state index contributed by atoms with van der Waals surface area (Å²) in [6.45, 7) is 4.59. The van der Waals surface area contributed by atoms with Crippen LogP contribution < -0.4 is 0 Å². The largest absolute Gasteiger partial charge is 0.206 e. The SMILES string of the molecule is CCCC1CCC(c2ccc(-c3ccc(C4(CCC)CCCCC4)cc3)c(F)c2)CC1. The van der Waals surface area contributed by atoms with Crippen LogP contribution in [0.3, 0.4) is 0 Å². The molecule has 31 heavy (non-hydrogen) atoms. The second-order valence-electron chi connectivity index (χ2n) is 10.4. The van der Waals surface area contributed by atoms with Crippen LogP contribution in [-0.4, -0.2) is 0 Å². The lowest BCUT2D eigenvalue weighted by Crippen LogP contribution is -2.28. The summed E-state index contributed by atoms with van der Waals surface area (Å²) in [6.07, 6.45) is 16.9. The molecule has 0 N–H and O–H groups in total. The van der Waals surface area contributed by atoms with Crippen LogP contribution in [0.15, 0.2) is 42.5 Å². The number of hydrogen-bond donors (Lipinski definition) is 0. The number of hydrogen-bond acceptors (Lipinski definition) is 0. The highest BCUT2D eigenvalue weighted by Gasteiger charge is 2.32. The summed E-state index contributed by atoms with van der Waals surface area (Å²) in [4.78, 5) is 0. The first-order valence-electron chi connectivity index (χ1n) is 13.1. The maximum Gasteiger partial charge on any atom is 0.131 e. The Morgan fingerprint density at radius 2 is 1.55 bits per heavy atom. The Morgan fingerprint density at radius 1 is 0.839 bits per heavy atom. The predicted octanol–water partition coefficient (Wildman–Crippen LogP) is 9.57. The Bertz CT molecular complexity index is 814. The molecule has 168 valence electrons. The zero-order valence-corrected chi connectivity index (χ0v) is 19.8. The van der Waals surface area contributed by atoms with Crippen LogP contribution in [0.1, 0.15) is 114 Å². The number of benzene rings is 2. The van der Waals surface area contributed by atoms with E-state index in [9.17, 15) is 0 Å². The molecule has 0 nitrogen and oxygen atoms in total. The second-order valence-corrected chi connectivity index (χ2v) is 10.4. The number of halogens is 1. The van der Waals surface area contributed by atoms with E-state index in [4.69, 9.17) is 0 Å². The van der Waals surface area contributed by atoms with Crippen LogP contribution in [-0.2, 0) is 5.41 Å². The lowest BCUT2D eigenvalue weighted by molar-refractivity contribution is 0.271. The van der Waals surface area contributed by atoms with Crippen molar-refractivity contribution in [3.63, 3.8) is 0 Å². The van der Waals surface area contributed by atoms with Crippen LogP contribution in [0.2, 0.25) is 0 Å². The predicted molar refractivity (Wildman–Crippen MR) is 131 cm³/mol. The average molecular weight is 421 g/mol. The third kappa shape index (κ3) is 5.07. The zero-order chi connectivity index (χ0) is 21.7. The Labute approximate surface area is 189 Å². The first kappa shape index (κ1) is 22.6. The molecule has 0 unspecified atom stereocenters. The van der Waals surface area contributed by atoms with Gasteiger partial charge in [-0.2, -0.15) is 0 Å². The summed E-state index contributed by atoms with van der Waals surface area (Å²) < 4.78 is 15.1. The van der Waals surface area contributed by atoms with E-state index in [2.05, 4.69) is 44.2 Å². The van der Waals surface area contributed by atoms with Gasteiger partial charge >= 0.3 is 0 Å². The van der Waals surface area contributed by atoms with Crippen LogP contribution in [0.4, 0.5) is 4.39 Å². The summed E-state index contributed by atoms with van der Waals surface area (Å²) in [7, 11) is 0. The summed E-state index contributed by atoms with van der Waals surface area (Å²) in [5.41, 5.74) is 4.80. The fraction of sp³-hybridized carbons (Fsp3) is 0.600. The van der Waals surface area contributed by atoms with E-state index in [1.54, 1.807) is 0 Å². The lowest BCUT2D eigenvalue weighted by Gasteiger charge is -2.38. The quantitative estimate of drug-likeness (QED) is 0.418. The monoisotopic (exact) mass is 420 g/mol. The second kappa shape index (κ2) is 10.3. The van der Waals surface area contributed by atoms with Crippen LogP contribution in [0.25, 0.3) is 11.1 Å². The molecule has 2 saturated carbocycles. The Balaban J connectivity index is 1.48. The first-order valence-corrected chi connectivity index (χ1v) is 13.1. The van der Waals surface area contributed by atoms with E-state index in [1.807, 2.05) is 12.1 Å². The Hall–Kier alpha value is -1.63. The molecule has 2 aliphatic carbocycles. The van der Waals surface area contributed by atoms with Gasteiger partial charge in [-0.05, 0) is 85.0 Å². The maximum absolute atomic E-state index is 15.1. The average Bonchev–Trinajstić information content (AvgIpc) is 2.81. The molecule has 1 heteroatoms. The third-order valence-corrected chi connectivity index (χ3v) is 8.36. The highest BCUT2D eigenvalue weighted by molar-refractivity contribution is 5.65. The van der Waals surface area contributed by atoms with E-state index in [0.29, 0.717) is 11.3 Å². The molecule has 0 aromatic heterocycles. The number of rotatable bonds is 7. The molecule has 2 fully saturated rings. The molecule has 0 amide bonds. The molecule has 0 saturated heterocycles. The third-order valence-electron chi connectivity index (χ3n) is 8.36. The van der Waals surface area contributed by atoms with Crippen molar-refractivity contribution in [1.82, 2.24) is 0 Å². The summed E-state index contributed by atoms with van der Waals surface area (Å²) >= 11 is 0. The van der Waals surface area contributed by atoms with E-state index < -0.39 is 0 Å². The van der Waals surface area contributed by atoms with Gasteiger partial charge in [-0.1, -0.05) is 88.8 Å². The molecule has 0 bridgehead atoms. The van der Waals surface area contributed by atoms with Crippen LogP contribution >= 0.6 is 0 Å². The van der Waals surface area contributed by atoms with Gasteiger partial charge in [0.2, 0.25) is 0 Å². The van der Waals surface area contributed by atoms with Crippen molar-refractivity contribution in [2.24, 2.45) is 5.92 Å². The smallest absolute Gasteiger partial charge is 0.131 e. The van der Waals surface area contributed by atoms with Crippen molar-refractivity contribution in [1.29, 1.82) is 0 Å². The summed E-state index contributed by atoms with van der Waals surface area (Å²) in [6, 6.07) is 15.0. The van der Waals surface area contributed by atoms with Gasteiger partial charge in [0, 0.05) is 5.56 Å². The van der Waals surface area contributed by atoms with Crippen molar-refractivity contribution in [2.45, 2.75) is 109 Å². The van der Waals surface area contributed by atoms with E-state index in [-0.39, 0.29) is 5.82 Å². The van der Waals surface area contributed by atoms with Crippen molar-refractivity contribution in [2.75, 3.05) is 0 Å².